The second-order valence-electron chi connectivity index (χ2n) is 6.61. The zero-order valence-corrected chi connectivity index (χ0v) is 14.2. The second-order valence-corrected chi connectivity index (χ2v) is 6.61. The molecule has 23 heavy (non-hydrogen) atoms. The maximum absolute atomic E-state index is 12.4. The average Bonchev–Trinajstić information content (AvgIpc) is 2.73. The zero-order valence-electron chi connectivity index (χ0n) is 14.2. The van der Waals surface area contributed by atoms with E-state index in [0.717, 1.165) is 45.6 Å². The third kappa shape index (κ3) is 3.85. The highest BCUT2D eigenvalue weighted by molar-refractivity contribution is 5.77. The maximum Gasteiger partial charge on any atom is 0.248 e. The van der Waals surface area contributed by atoms with Gasteiger partial charge in [-0.25, -0.2) is 0 Å². The monoisotopic (exact) mass is 317 g/mol. The number of nitrogens with zero attached hydrogens (tertiary/aromatic N) is 3. The Kier molecular flexibility index (Phi) is 5.18. The first-order valence-corrected chi connectivity index (χ1v) is 8.53. The smallest absolute Gasteiger partial charge is 0.248 e. The molecule has 5 nitrogen and oxygen atoms in total. The molecule has 1 amide bonds. The first-order valence-electron chi connectivity index (χ1n) is 8.53. The SMILES string of the molecule is CN1CCN(C(=O)COC2CCCN(C)c3ccccc32)CC1. The summed E-state index contributed by atoms with van der Waals surface area (Å²) in [6, 6.07) is 8.38. The lowest BCUT2D eigenvalue weighted by Crippen LogP contribution is -2.48. The summed E-state index contributed by atoms with van der Waals surface area (Å²) < 4.78 is 6.05. The number of hydrogen-bond donors (Lipinski definition) is 0. The molecule has 0 N–H and O–H groups in total. The minimum absolute atomic E-state index is 0.0209. The van der Waals surface area contributed by atoms with Crippen molar-refractivity contribution in [2.45, 2.75) is 18.9 Å². The fraction of sp³-hybridized carbons (Fsp3) is 0.611. The van der Waals surface area contributed by atoms with Crippen molar-refractivity contribution in [3.8, 4) is 0 Å². The lowest BCUT2D eigenvalue weighted by Gasteiger charge is -2.32. The third-order valence-corrected chi connectivity index (χ3v) is 4.92. The van der Waals surface area contributed by atoms with Crippen molar-refractivity contribution in [1.82, 2.24) is 9.80 Å². The number of likely N-dealkylation sites (N-methyl/N-ethyl adjacent to an activating group) is 1. The molecular weight excluding hydrogens is 290 g/mol. The summed E-state index contributed by atoms with van der Waals surface area (Å²) in [4.78, 5) is 18.8. The van der Waals surface area contributed by atoms with Gasteiger partial charge < -0.3 is 19.4 Å². The molecule has 0 aliphatic carbocycles. The van der Waals surface area contributed by atoms with Gasteiger partial charge >= 0.3 is 0 Å². The Morgan fingerprint density at radius 2 is 1.87 bits per heavy atom. The third-order valence-electron chi connectivity index (χ3n) is 4.92. The molecular formula is C18H27N3O2. The van der Waals surface area contributed by atoms with Gasteiger partial charge in [-0.2, -0.15) is 0 Å². The summed E-state index contributed by atoms with van der Waals surface area (Å²) in [6.07, 6.45) is 2.07. The summed E-state index contributed by atoms with van der Waals surface area (Å²) in [5.41, 5.74) is 2.43. The van der Waals surface area contributed by atoms with Crippen LogP contribution in [0, 0.1) is 0 Å². The molecule has 1 saturated heterocycles. The van der Waals surface area contributed by atoms with Crippen LogP contribution >= 0.6 is 0 Å². The lowest BCUT2D eigenvalue weighted by atomic mass is 10.0. The van der Waals surface area contributed by atoms with Crippen LogP contribution in [-0.4, -0.2) is 69.1 Å². The van der Waals surface area contributed by atoms with Gasteiger partial charge in [0, 0.05) is 51.0 Å². The highest BCUT2D eigenvalue weighted by Gasteiger charge is 2.24. The van der Waals surface area contributed by atoms with Crippen LogP contribution in [0.2, 0.25) is 0 Å². The zero-order chi connectivity index (χ0) is 16.2. The van der Waals surface area contributed by atoms with Crippen LogP contribution in [-0.2, 0) is 9.53 Å². The summed E-state index contributed by atoms with van der Waals surface area (Å²) in [5.74, 6) is 0.119. The molecule has 1 unspecified atom stereocenters. The molecule has 2 aliphatic heterocycles. The Labute approximate surface area is 138 Å². The van der Waals surface area contributed by atoms with Gasteiger partial charge in [-0.15, -0.1) is 0 Å². The number of carbonyl (C=O) groups excluding carboxylic acids is 1. The minimum atomic E-state index is 0.0209. The molecule has 1 aromatic carbocycles. The van der Waals surface area contributed by atoms with E-state index in [-0.39, 0.29) is 18.6 Å². The molecule has 0 saturated carbocycles. The Morgan fingerprint density at radius 3 is 2.65 bits per heavy atom. The lowest BCUT2D eigenvalue weighted by molar-refractivity contribution is -0.140. The van der Waals surface area contributed by atoms with E-state index in [1.807, 2.05) is 4.90 Å². The van der Waals surface area contributed by atoms with Gasteiger partial charge in [0.15, 0.2) is 0 Å². The van der Waals surface area contributed by atoms with Crippen molar-refractivity contribution in [3.63, 3.8) is 0 Å². The van der Waals surface area contributed by atoms with Gasteiger partial charge in [0.1, 0.15) is 6.61 Å². The normalized spacial score (nSPS) is 22.6. The number of rotatable bonds is 3. The Hall–Kier alpha value is -1.59. The van der Waals surface area contributed by atoms with Crippen molar-refractivity contribution >= 4 is 11.6 Å². The molecule has 2 heterocycles. The van der Waals surface area contributed by atoms with Gasteiger partial charge in [-0.1, -0.05) is 18.2 Å². The van der Waals surface area contributed by atoms with Crippen LogP contribution in [0.4, 0.5) is 5.69 Å². The van der Waals surface area contributed by atoms with Crippen LogP contribution in [0.5, 0.6) is 0 Å². The number of carbonyl (C=O) groups is 1. The van der Waals surface area contributed by atoms with E-state index in [1.165, 1.54) is 11.3 Å². The van der Waals surface area contributed by atoms with Gasteiger partial charge in [0.25, 0.3) is 0 Å². The van der Waals surface area contributed by atoms with Gasteiger partial charge in [0.05, 0.1) is 6.10 Å². The largest absolute Gasteiger partial charge is 0.374 e. The number of para-hydroxylation sites is 1. The topological polar surface area (TPSA) is 36.0 Å². The summed E-state index contributed by atoms with van der Waals surface area (Å²) in [6.45, 7) is 4.73. The van der Waals surface area contributed by atoms with E-state index in [4.69, 9.17) is 4.74 Å². The van der Waals surface area contributed by atoms with E-state index >= 15 is 0 Å². The number of amides is 1. The van der Waals surface area contributed by atoms with Crippen molar-refractivity contribution in [1.29, 1.82) is 0 Å². The first kappa shape index (κ1) is 16.3. The highest BCUT2D eigenvalue weighted by Crippen LogP contribution is 2.34. The Bertz CT molecular complexity index is 541. The minimum Gasteiger partial charge on any atom is -0.374 e. The van der Waals surface area contributed by atoms with E-state index in [0.29, 0.717) is 0 Å². The number of fused-ring (bicyclic) bond motifs is 1. The van der Waals surface area contributed by atoms with Crippen LogP contribution in [0.25, 0.3) is 0 Å². The Balaban J connectivity index is 1.61. The van der Waals surface area contributed by atoms with Crippen molar-refractivity contribution in [3.05, 3.63) is 29.8 Å². The molecule has 126 valence electrons. The quantitative estimate of drug-likeness (QED) is 0.851. The van der Waals surface area contributed by atoms with Gasteiger partial charge in [-0.3, -0.25) is 4.79 Å². The molecule has 5 heteroatoms. The van der Waals surface area contributed by atoms with Crippen LogP contribution in [0.15, 0.2) is 24.3 Å². The molecule has 3 rings (SSSR count). The molecule has 1 aromatic rings. The van der Waals surface area contributed by atoms with E-state index < -0.39 is 0 Å². The molecule has 0 bridgehead atoms. The van der Waals surface area contributed by atoms with Crippen molar-refractivity contribution in [2.24, 2.45) is 0 Å². The van der Waals surface area contributed by atoms with E-state index in [9.17, 15) is 4.79 Å². The van der Waals surface area contributed by atoms with Gasteiger partial charge in [-0.05, 0) is 26.0 Å². The maximum atomic E-state index is 12.4. The van der Waals surface area contributed by atoms with E-state index in [1.54, 1.807) is 0 Å². The fourth-order valence-corrected chi connectivity index (χ4v) is 3.39. The molecule has 0 spiro atoms. The van der Waals surface area contributed by atoms with Crippen LogP contribution in [0.1, 0.15) is 24.5 Å². The summed E-state index contributed by atoms with van der Waals surface area (Å²) in [7, 11) is 4.22. The van der Waals surface area contributed by atoms with Crippen molar-refractivity contribution < 1.29 is 9.53 Å². The molecule has 0 radical (unpaired) electrons. The summed E-state index contributed by atoms with van der Waals surface area (Å²) >= 11 is 0. The molecule has 2 aliphatic rings. The number of anilines is 1. The standard InChI is InChI=1S/C18H27N3O2/c1-19-10-12-21(13-11-19)18(22)14-23-17-8-5-9-20(2)16-7-4-3-6-15(16)17/h3-4,6-7,17H,5,8-14H2,1-2H3. The van der Waals surface area contributed by atoms with Crippen LogP contribution < -0.4 is 4.90 Å². The predicted octanol–water partition coefficient (Wildman–Crippen LogP) is 1.75. The number of ether oxygens (including phenoxy) is 1. The highest BCUT2D eigenvalue weighted by atomic mass is 16.5. The number of hydrogen-bond acceptors (Lipinski definition) is 4. The molecule has 0 aromatic heterocycles. The number of piperazine rings is 1. The van der Waals surface area contributed by atoms with E-state index in [2.05, 4.69) is 48.2 Å². The number of benzene rings is 1. The second kappa shape index (κ2) is 7.32. The van der Waals surface area contributed by atoms with Gasteiger partial charge in [0.2, 0.25) is 5.91 Å². The first-order chi connectivity index (χ1) is 11.1. The van der Waals surface area contributed by atoms with Crippen molar-refractivity contribution in [2.75, 3.05) is 58.3 Å². The molecule has 1 atom stereocenters. The predicted molar refractivity (Wildman–Crippen MR) is 91.7 cm³/mol. The summed E-state index contributed by atoms with van der Waals surface area (Å²) in [5, 5.41) is 0. The Morgan fingerprint density at radius 1 is 1.13 bits per heavy atom. The molecule has 1 fully saturated rings. The fourth-order valence-electron chi connectivity index (χ4n) is 3.39. The van der Waals surface area contributed by atoms with Crippen LogP contribution in [0.3, 0.4) is 0 Å². The average molecular weight is 317 g/mol.